The van der Waals surface area contributed by atoms with Gasteiger partial charge in [-0.15, -0.1) is 0 Å². The van der Waals surface area contributed by atoms with Gasteiger partial charge in [0.2, 0.25) is 0 Å². The van der Waals surface area contributed by atoms with Crippen LogP contribution in [-0.4, -0.2) is 27.3 Å². The van der Waals surface area contributed by atoms with Gasteiger partial charge in [0.1, 0.15) is 0 Å². The summed E-state index contributed by atoms with van der Waals surface area (Å²) in [5.41, 5.74) is 0. The Labute approximate surface area is 50.6 Å². The number of hydrogen-bond acceptors (Lipinski definition) is 2. The third-order valence-corrected chi connectivity index (χ3v) is 0. The van der Waals surface area contributed by atoms with Crippen LogP contribution in [0.25, 0.3) is 0 Å². The van der Waals surface area contributed by atoms with E-state index in [9.17, 15) is 0 Å². The average Bonchev–Trinajstić information content (AvgIpc) is 0.918. The summed E-state index contributed by atoms with van der Waals surface area (Å²) in [6.45, 7) is 0. The van der Waals surface area contributed by atoms with Crippen LogP contribution in [0.4, 0.5) is 0 Å². The van der Waals surface area contributed by atoms with Gasteiger partial charge in [-0.25, -0.2) is 5.26 Å². The van der Waals surface area contributed by atoms with Gasteiger partial charge in [-0.05, 0) is 0 Å². The Morgan fingerprint density at radius 3 is 1.75 bits per heavy atom. The molecule has 0 amide bonds. The molecule has 0 unspecified atom stereocenters. The molecule has 0 aliphatic carbocycles. The topological polar surface area (TPSA) is 23.8 Å². The van der Waals surface area contributed by atoms with Gasteiger partial charge in [-0.3, -0.25) is 0 Å². The zero-order chi connectivity index (χ0) is 2.71. The van der Waals surface area contributed by atoms with E-state index in [1.165, 1.54) is 5.40 Å². The van der Waals surface area contributed by atoms with Crippen LogP contribution < -0.4 is 0 Å². The van der Waals surface area contributed by atoms with E-state index in [1.807, 2.05) is 0 Å². The van der Waals surface area contributed by atoms with E-state index in [0.29, 0.717) is 0 Å². The molecule has 4 heavy (non-hydrogen) atoms. The van der Waals surface area contributed by atoms with Crippen molar-refractivity contribution >= 4 is 39.9 Å². The summed E-state index contributed by atoms with van der Waals surface area (Å²) >= 11 is 3.70. The standard InChI is InChI=1S/CHNS.Pb/c2-1-3;/h3H;/p-1. The minimum atomic E-state index is 0. The molecule has 0 saturated carbocycles. The maximum absolute atomic E-state index is 7.13. The number of thiocyanates is 1. The molecule has 0 N–H and O–H groups in total. The zero-order valence-electron chi connectivity index (χ0n) is 1.86. The van der Waals surface area contributed by atoms with Crippen molar-refractivity contribution in [1.82, 2.24) is 0 Å². The van der Waals surface area contributed by atoms with Gasteiger partial charge in [0.15, 0.2) is 0 Å². The molecule has 4 radical (unpaired) electrons. The van der Waals surface area contributed by atoms with Crippen molar-refractivity contribution in [2.75, 3.05) is 0 Å². The third kappa shape index (κ3) is 17.5. The first-order valence-electron chi connectivity index (χ1n) is 0.428. The van der Waals surface area contributed by atoms with Crippen LogP contribution in [0.5, 0.6) is 0 Å². The molecule has 1 nitrogen and oxygen atoms in total. The third-order valence-electron chi connectivity index (χ3n) is 0. The Kier molecular flexibility index (Phi) is 20.8. The summed E-state index contributed by atoms with van der Waals surface area (Å²) in [6, 6.07) is 0. The maximum Gasteiger partial charge on any atom is 0 e. The smallest absolute Gasteiger partial charge is 0 e. The molecule has 0 aromatic carbocycles. The van der Waals surface area contributed by atoms with Crippen molar-refractivity contribution in [3.63, 3.8) is 0 Å². The SMILES string of the molecule is N#C[S-].[Pb]. The first-order valence-corrected chi connectivity index (χ1v) is 0.836. The summed E-state index contributed by atoms with van der Waals surface area (Å²) in [6.07, 6.45) is 0. The van der Waals surface area contributed by atoms with Gasteiger partial charge in [0, 0.05) is 27.3 Å². The number of hydrogen-bond donors (Lipinski definition) is 0. The fourth-order valence-corrected chi connectivity index (χ4v) is 0. The molecule has 0 heterocycles. The minimum absolute atomic E-state index is 0. The van der Waals surface area contributed by atoms with Crippen LogP contribution in [-0.2, 0) is 12.6 Å². The number of nitriles is 1. The van der Waals surface area contributed by atoms with Crippen molar-refractivity contribution in [3.05, 3.63) is 0 Å². The monoisotopic (exact) mass is 266 g/mol. The quantitative estimate of drug-likeness (QED) is 0.339. The molecule has 0 spiro atoms. The van der Waals surface area contributed by atoms with E-state index in [4.69, 9.17) is 5.26 Å². The molecule has 0 bridgehead atoms. The number of nitrogens with zero attached hydrogens (tertiary/aromatic N) is 1. The van der Waals surface area contributed by atoms with Crippen molar-refractivity contribution < 1.29 is 0 Å². The first kappa shape index (κ1) is 8.82. The van der Waals surface area contributed by atoms with Crippen molar-refractivity contribution in [2.45, 2.75) is 0 Å². The Morgan fingerprint density at radius 2 is 1.75 bits per heavy atom. The summed E-state index contributed by atoms with van der Waals surface area (Å²) in [5, 5.41) is 8.47. The van der Waals surface area contributed by atoms with E-state index < -0.39 is 0 Å². The van der Waals surface area contributed by atoms with Crippen LogP contribution in [0.3, 0.4) is 0 Å². The van der Waals surface area contributed by atoms with Crippen molar-refractivity contribution in [2.24, 2.45) is 0 Å². The molecule has 0 aromatic heterocycles. The van der Waals surface area contributed by atoms with Gasteiger partial charge in [0.25, 0.3) is 0 Å². The van der Waals surface area contributed by atoms with E-state index in [0.717, 1.165) is 0 Å². The first-order chi connectivity index (χ1) is 1.41. The molecule has 0 aromatic rings. The van der Waals surface area contributed by atoms with Gasteiger partial charge in [-0.1, -0.05) is 5.40 Å². The molecule has 0 fully saturated rings. The molecule has 0 atom stereocenters. The summed E-state index contributed by atoms with van der Waals surface area (Å²) in [5.74, 6) is 0. The van der Waals surface area contributed by atoms with Crippen LogP contribution in [0.2, 0.25) is 0 Å². The second-order valence-corrected chi connectivity index (χ2v) is 0.274. The summed E-state index contributed by atoms with van der Waals surface area (Å²) in [7, 11) is 0. The fourth-order valence-electron chi connectivity index (χ4n) is 0. The second-order valence-electron chi connectivity index (χ2n) is 0.0913. The van der Waals surface area contributed by atoms with Gasteiger partial charge >= 0.3 is 0 Å². The van der Waals surface area contributed by atoms with E-state index in [2.05, 4.69) is 12.6 Å². The molecule has 3 heteroatoms. The Balaban J connectivity index is 0. The summed E-state index contributed by atoms with van der Waals surface area (Å²) < 4.78 is 0. The van der Waals surface area contributed by atoms with E-state index >= 15 is 0 Å². The Bertz CT molecular complexity index is 29.5. The molecule has 0 aliphatic heterocycles. The molecule has 0 aliphatic rings. The molecule has 0 rings (SSSR count). The van der Waals surface area contributed by atoms with Gasteiger partial charge in [-0.2, -0.15) is 0 Å². The van der Waals surface area contributed by atoms with Crippen molar-refractivity contribution in [1.29, 1.82) is 5.26 Å². The predicted molar refractivity (Wildman–Crippen MR) is 18.7 cm³/mol. The summed E-state index contributed by atoms with van der Waals surface area (Å²) in [4.78, 5) is 0. The van der Waals surface area contributed by atoms with Crippen molar-refractivity contribution in [3.8, 4) is 5.40 Å². The molecular weight excluding hydrogens is 265 g/mol. The Morgan fingerprint density at radius 1 is 1.75 bits per heavy atom. The van der Waals surface area contributed by atoms with Crippen LogP contribution in [0.15, 0.2) is 0 Å². The molecule has 0 saturated heterocycles. The van der Waals surface area contributed by atoms with E-state index in [1.54, 1.807) is 0 Å². The average molecular weight is 265 g/mol. The maximum atomic E-state index is 7.13. The second kappa shape index (κ2) is 9.45. The normalized spacial score (nSPS) is 1.75. The number of rotatable bonds is 0. The predicted octanol–water partition coefficient (Wildman–Crippen LogP) is -0.366. The van der Waals surface area contributed by atoms with Crippen LogP contribution in [0, 0.1) is 10.7 Å². The molecular formula is CNPbS-. The fraction of sp³-hybridized carbons (Fsp3) is 0. The van der Waals surface area contributed by atoms with Crippen LogP contribution >= 0.6 is 0 Å². The van der Waals surface area contributed by atoms with Gasteiger partial charge < -0.3 is 12.6 Å². The molecule has 20 valence electrons. The zero-order valence-corrected chi connectivity index (χ0v) is 6.56. The minimum Gasteiger partial charge on any atom is -0.696 e. The Hall–Kier alpha value is 0.632. The van der Waals surface area contributed by atoms with E-state index in [-0.39, 0.29) is 27.3 Å². The largest absolute Gasteiger partial charge is 0.696 e. The van der Waals surface area contributed by atoms with Crippen LogP contribution in [0.1, 0.15) is 0 Å². The van der Waals surface area contributed by atoms with Gasteiger partial charge in [0.05, 0.1) is 0 Å².